The Hall–Kier alpha value is -3.04. The fraction of sp³-hybridized carbons (Fsp3) is 0.0556. The Morgan fingerprint density at radius 2 is 2.11 bits per heavy atom. The molecule has 0 radical (unpaired) electrons. The predicted molar refractivity (Wildman–Crippen MR) is 105 cm³/mol. The number of benzene rings is 1. The Morgan fingerprint density at radius 1 is 1.21 bits per heavy atom. The molecule has 28 heavy (non-hydrogen) atoms. The number of rotatable bonds is 5. The van der Waals surface area contributed by atoms with Crippen LogP contribution in [-0.2, 0) is 4.79 Å². The van der Waals surface area contributed by atoms with E-state index in [9.17, 15) is 9.18 Å². The molecule has 7 nitrogen and oxygen atoms in total. The number of thioether (sulfide) groups is 1. The number of carbonyl (C=O) groups is 1. The van der Waals surface area contributed by atoms with Crippen LogP contribution in [0.5, 0.6) is 0 Å². The molecule has 0 aliphatic heterocycles. The fourth-order valence-electron chi connectivity index (χ4n) is 2.43. The molecule has 1 aromatic carbocycles. The van der Waals surface area contributed by atoms with Gasteiger partial charge in [0.1, 0.15) is 5.82 Å². The Labute approximate surface area is 168 Å². The van der Waals surface area contributed by atoms with Crippen molar-refractivity contribution < 1.29 is 9.18 Å². The van der Waals surface area contributed by atoms with Crippen molar-refractivity contribution in [1.82, 2.24) is 24.8 Å². The first-order chi connectivity index (χ1) is 13.6. The first-order valence-electron chi connectivity index (χ1n) is 8.11. The van der Waals surface area contributed by atoms with Crippen LogP contribution in [0.15, 0.2) is 60.0 Å². The van der Waals surface area contributed by atoms with Gasteiger partial charge in [-0.2, -0.15) is 9.61 Å². The number of hydrogen-bond donors (Lipinski definition) is 1. The third-order valence-electron chi connectivity index (χ3n) is 3.73. The van der Waals surface area contributed by atoms with Crippen LogP contribution in [0.3, 0.4) is 0 Å². The molecule has 1 N–H and O–H groups in total. The minimum Gasteiger partial charge on any atom is -0.325 e. The van der Waals surface area contributed by atoms with Gasteiger partial charge in [-0.05, 0) is 42.5 Å². The molecule has 0 aliphatic rings. The number of carbonyl (C=O) groups excluding carboxylic acids is 1. The van der Waals surface area contributed by atoms with Gasteiger partial charge in [-0.1, -0.05) is 23.4 Å². The van der Waals surface area contributed by atoms with Gasteiger partial charge in [0.2, 0.25) is 11.1 Å². The molecule has 3 aromatic heterocycles. The number of hydrogen-bond acceptors (Lipinski definition) is 6. The van der Waals surface area contributed by atoms with E-state index < -0.39 is 5.82 Å². The highest BCUT2D eigenvalue weighted by Crippen LogP contribution is 2.22. The van der Waals surface area contributed by atoms with E-state index in [-0.39, 0.29) is 16.7 Å². The minimum atomic E-state index is -0.542. The van der Waals surface area contributed by atoms with E-state index >= 15 is 0 Å². The molecule has 10 heteroatoms. The quantitative estimate of drug-likeness (QED) is 0.501. The highest BCUT2D eigenvalue weighted by molar-refractivity contribution is 7.99. The lowest BCUT2D eigenvalue weighted by Crippen LogP contribution is -2.14. The van der Waals surface area contributed by atoms with Crippen molar-refractivity contribution >= 4 is 40.6 Å². The van der Waals surface area contributed by atoms with E-state index in [1.54, 1.807) is 23.0 Å². The Balaban J connectivity index is 1.48. The smallest absolute Gasteiger partial charge is 0.234 e. The topological polar surface area (TPSA) is 85.1 Å². The van der Waals surface area contributed by atoms with Gasteiger partial charge in [0, 0.05) is 23.6 Å². The number of anilines is 1. The van der Waals surface area contributed by atoms with Crippen LogP contribution in [0.4, 0.5) is 10.1 Å². The van der Waals surface area contributed by atoms with Crippen LogP contribution >= 0.6 is 23.4 Å². The number of aromatic nitrogens is 5. The van der Waals surface area contributed by atoms with E-state index in [1.165, 1.54) is 30.0 Å². The zero-order valence-electron chi connectivity index (χ0n) is 14.2. The van der Waals surface area contributed by atoms with Crippen molar-refractivity contribution in [2.75, 3.05) is 11.1 Å². The summed E-state index contributed by atoms with van der Waals surface area (Å²) in [6, 6.07) is 11.4. The molecule has 3 heterocycles. The van der Waals surface area contributed by atoms with Crippen LogP contribution in [0.1, 0.15) is 0 Å². The summed E-state index contributed by atoms with van der Waals surface area (Å²) >= 11 is 6.91. The minimum absolute atomic E-state index is 0.0546. The second-order valence-corrected chi connectivity index (χ2v) is 7.03. The average Bonchev–Trinajstić information content (AvgIpc) is 3.12. The first kappa shape index (κ1) is 18.3. The predicted octanol–water partition coefficient (Wildman–Crippen LogP) is 3.71. The van der Waals surface area contributed by atoms with Crippen molar-refractivity contribution in [3.63, 3.8) is 0 Å². The molecular formula is C18H12ClFN6OS. The average molecular weight is 415 g/mol. The second kappa shape index (κ2) is 7.91. The molecule has 0 fully saturated rings. The molecule has 140 valence electrons. The molecule has 1 amide bonds. The van der Waals surface area contributed by atoms with Crippen LogP contribution in [0.25, 0.3) is 16.9 Å². The van der Waals surface area contributed by atoms with Crippen LogP contribution in [0, 0.1) is 5.82 Å². The van der Waals surface area contributed by atoms with Gasteiger partial charge in [-0.3, -0.25) is 9.78 Å². The lowest BCUT2D eigenvalue weighted by Gasteiger charge is -2.06. The number of fused-ring (bicyclic) bond motifs is 1. The Kier molecular flexibility index (Phi) is 5.18. The second-order valence-electron chi connectivity index (χ2n) is 5.68. The lowest BCUT2D eigenvalue weighted by atomic mass is 10.2. The zero-order valence-corrected chi connectivity index (χ0v) is 15.8. The zero-order chi connectivity index (χ0) is 19.5. The van der Waals surface area contributed by atoms with Crippen LogP contribution in [0.2, 0.25) is 5.02 Å². The van der Waals surface area contributed by atoms with E-state index in [0.29, 0.717) is 22.2 Å². The molecule has 0 bridgehead atoms. The van der Waals surface area contributed by atoms with Gasteiger partial charge in [0.05, 0.1) is 16.5 Å². The highest BCUT2D eigenvalue weighted by atomic mass is 35.5. The van der Waals surface area contributed by atoms with Gasteiger partial charge in [-0.15, -0.1) is 10.2 Å². The summed E-state index contributed by atoms with van der Waals surface area (Å²) in [6.45, 7) is 0. The highest BCUT2D eigenvalue weighted by Gasteiger charge is 2.12. The Morgan fingerprint density at radius 3 is 2.89 bits per heavy atom. The van der Waals surface area contributed by atoms with Gasteiger partial charge in [-0.25, -0.2) is 4.39 Å². The van der Waals surface area contributed by atoms with E-state index in [4.69, 9.17) is 11.6 Å². The molecule has 0 aliphatic carbocycles. The van der Waals surface area contributed by atoms with Crippen molar-refractivity contribution in [3.05, 3.63) is 65.7 Å². The maximum absolute atomic E-state index is 13.2. The largest absolute Gasteiger partial charge is 0.325 e. The molecule has 0 saturated carbocycles. The summed E-state index contributed by atoms with van der Waals surface area (Å²) in [5.74, 6) is -0.749. The van der Waals surface area contributed by atoms with Crippen molar-refractivity contribution in [1.29, 1.82) is 0 Å². The maximum Gasteiger partial charge on any atom is 0.234 e. The van der Waals surface area contributed by atoms with Gasteiger partial charge in [0.15, 0.2) is 5.65 Å². The van der Waals surface area contributed by atoms with Gasteiger partial charge < -0.3 is 5.32 Å². The summed E-state index contributed by atoms with van der Waals surface area (Å²) in [7, 11) is 0. The number of halogens is 2. The molecule has 0 spiro atoms. The summed E-state index contributed by atoms with van der Waals surface area (Å²) in [5, 5.41) is 15.8. The fourth-order valence-corrected chi connectivity index (χ4v) is 3.30. The number of nitrogens with one attached hydrogen (secondary N) is 1. The van der Waals surface area contributed by atoms with E-state index in [1.807, 2.05) is 18.2 Å². The standard InChI is InChI=1S/C18H12ClFN6OS/c19-13-8-12(3-4-14(13)20)22-17(27)10-28-18-24-23-16-6-5-15(25-26(16)18)11-2-1-7-21-9-11/h1-9H,10H2,(H,22,27). The number of pyridine rings is 1. The van der Waals surface area contributed by atoms with Crippen LogP contribution in [-0.4, -0.2) is 36.5 Å². The molecule has 4 aromatic rings. The van der Waals surface area contributed by atoms with Crippen molar-refractivity contribution in [3.8, 4) is 11.3 Å². The van der Waals surface area contributed by atoms with Crippen LogP contribution < -0.4 is 5.32 Å². The third kappa shape index (κ3) is 3.95. The first-order valence-corrected chi connectivity index (χ1v) is 9.47. The molecule has 0 unspecified atom stereocenters. The van der Waals surface area contributed by atoms with Crippen molar-refractivity contribution in [2.24, 2.45) is 0 Å². The summed E-state index contributed by atoms with van der Waals surface area (Å²) < 4.78 is 14.8. The SMILES string of the molecule is O=C(CSc1nnc2ccc(-c3cccnc3)nn12)Nc1ccc(F)c(Cl)c1. The number of nitrogens with zero attached hydrogens (tertiary/aromatic N) is 5. The summed E-state index contributed by atoms with van der Waals surface area (Å²) in [4.78, 5) is 16.3. The Bertz CT molecular complexity index is 1150. The molecule has 0 atom stereocenters. The summed E-state index contributed by atoms with van der Waals surface area (Å²) in [6.07, 6.45) is 3.40. The van der Waals surface area contributed by atoms with E-state index in [0.717, 1.165) is 5.56 Å². The third-order valence-corrected chi connectivity index (χ3v) is 4.94. The van der Waals surface area contributed by atoms with E-state index in [2.05, 4.69) is 25.6 Å². The normalized spacial score (nSPS) is 10.9. The summed E-state index contributed by atoms with van der Waals surface area (Å²) in [5.41, 5.74) is 2.56. The molecule has 4 rings (SSSR count). The van der Waals surface area contributed by atoms with Gasteiger partial charge in [0.25, 0.3) is 0 Å². The molecule has 0 saturated heterocycles. The van der Waals surface area contributed by atoms with Crippen molar-refractivity contribution in [2.45, 2.75) is 5.16 Å². The van der Waals surface area contributed by atoms with Gasteiger partial charge >= 0.3 is 0 Å². The maximum atomic E-state index is 13.2. The lowest BCUT2D eigenvalue weighted by molar-refractivity contribution is -0.113. The number of amides is 1. The molecular weight excluding hydrogens is 403 g/mol. The monoisotopic (exact) mass is 414 g/mol.